The van der Waals surface area contributed by atoms with Gasteiger partial charge in [0.2, 0.25) is 5.91 Å². The third-order valence-corrected chi connectivity index (χ3v) is 4.87. The molecule has 1 amide bonds. The second kappa shape index (κ2) is 7.54. The van der Waals surface area contributed by atoms with Crippen LogP contribution >= 0.6 is 0 Å². The summed E-state index contributed by atoms with van der Waals surface area (Å²) in [5.41, 5.74) is -0.929. The number of rotatable bonds is 4. The molecular formula is C20H28F2N2O3. The summed E-state index contributed by atoms with van der Waals surface area (Å²) in [7, 11) is 0. The molecule has 7 heteroatoms. The van der Waals surface area contributed by atoms with Gasteiger partial charge in [0.25, 0.3) is 0 Å². The third-order valence-electron chi connectivity index (χ3n) is 4.87. The van der Waals surface area contributed by atoms with Crippen molar-refractivity contribution in [2.45, 2.75) is 58.7 Å². The zero-order chi connectivity index (χ0) is 20.6. The van der Waals surface area contributed by atoms with E-state index < -0.39 is 29.2 Å². The van der Waals surface area contributed by atoms with Gasteiger partial charge in [-0.1, -0.05) is 0 Å². The fraction of sp³-hybridized carbons (Fsp3) is 0.600. The van der Waals surface area contributed by atoms with Crippen LogP contribution < -0.4 is 0 Å². The van der Waals surface area contributed by atoms with Crippen LogP contribution in [0.2, 0.25) is 0 Å². The van der Waals surface area contributed by atoms with Crippen LogP contribution in [0.3, 0.4) is 0 Å². The fourth-order valence-corrected chi connectivity index (χ4v) is 3.80. The summed E-state index contributed by atoms with van der Waals surface area (Å²) in [6, 6.07) is 2.53. The molecule has 27 heavy (non-hydrogen) atoms. The first-order valence-corrected chi connectivity index (χ1v) is 9.08. The number of halogens is 2. The van der Waals surface area contributed by atoms with Crippen LogP contribution in [0.15, 0.2) is 18.2 Å². The molecule has 0 N–H and O–H groups in total. The van der Waals surface area contributed by atoms with Gasteiger partial charge in [-0.2, -0.15) is 0 Å². The molecule has 0 saturated carbocycles. The van der Waals surface area contributed by atoms with Gasteiger partial charge in [0, 0.05) is 18.2 Å². The Labute approximate surface area is 159 Å². The van der Waals surface area contributed by atoms with E-state index in [0.717, 1.165) is 6.07 Å². The number of carbonyl (C=O) groups excluding carboxylic acids is 2. The van der Waals surface area contributed by atoms with Gasteiger partial charge < -0.3 is 9.64 Å². The van der Waals surface area contributed by atoms with Crippen molar-refractivity contribution in [1.82, 2.24) is 9.80 Å². The molecule has 5 nitrogen and oxygen atoms in total. The Morgan fingerprint density at radius 3 is 2.26 bits per heavy atom. The Balaban J connectivity index is 2.52. The lowest BCUT2D eigenvalue weighted by molar-refractivity contribution is -0.167. The van der Waals surface area contributed by atoms with Crippen LogP contribution in [0.4, 0.5) is 8.78 Å². The zero-order valence-corrected chi connectivity index (χ0v) is 16.8. The summed E-state index contributed by atoms with van der Waals surface area (Å²) in [6.45, 7) is 11.5. The molecule has 1 aromatic carbocycles. The Bertz CT molecular complexity index is 708. The van der Waals surface area contributed by atoms with Gasteiger partial charge >= 0.3 is 5.97 Å². The second-order valence-corrected chi connectivity index (χ2v) is 8.30. The predicted molar refractivity (Wildman–Crippen MR) is 98.0 cm³/mol. The lowest BCUT2D eigenvalue weighted by Gasteiger charge is -2.54. The van der Waals surface area contributed by atoms with E-state index in [9.17, 15) is 18.4 Å². The molecular weight excluding hydrogens is 354 g/mol. The third kappa shape index (κ3) is 4.46. The highest BCUT2D eigenvalue weighted by molar-refractivity contribution is 5.90. The molecule has 0 unspecified atom stereocenters. The Hall–Kier alpha value is -2.02. The van der Waals surface area contributed by atoms with Crippen LogP contribution in [-0.4, -0.2) is 52.5 Å². The molecule has 1 fully saturated rings. The van der Waals surface area contributed by atoms with E-state index in [2.05, 4.69) is 0 Å². The van der Waals surface area contributed by atoms with Crippen LogP contribution in [0, 0.1) is 11.6 Å². The van der Waals surface area contributed by atoms with Crippen molar-refractivity contribution in [3.63, 3.8) is 0 Å². The van der Waals surface area contributed by atoms with E-state index >= 15 is 0 Å². The molecule has 0 bridgehead atoms. The van der Waals surface area contributed by atoms with Crippen molar-refractivity contribution >= 4 is 11.9 Å². The van der Waals surface area contributed by atoms with E-state index in [4.69, 9.17) is 4.74 Å². The molecule has 2 rings (SSSR count). The first-order chi connectivity index (χ1) is 12.4. The van der Waals surface area contributed by atoms with E-state index in [1.807, 2.05) is 25.7 Å². The number of amides is 1. The van der Waals surface area contributed by atoms with Crippen LogP contribution in [-0.2, 0) is 14.3 Å². The van der Waals surface area contributed by atoms with Crippen LogP contribution in [0.1, 0.15) is 53.1 Å². The molecule has 1 aromatic rings. The largest absolute Gasteiger partial charge is 0.465 e. The first kappa shape index (κ1) is 21.3. The predicted octanol–water partition coefficient (Wildman–Crippen LogP) is 3.29. The minimum atomic E-state index is -0.882. The molecule has 0 aromatic heterocycles. The molecule has 1 atom stereocenters. The molecule has 1 saturated heterocycles. The van der Waals surface area contributed by atoms with Gasteiger partial charge in [0.15, 0.2) is 0 Å². The maximum atomic E-state index is 13.8. The van der Waals surface area contributed by atoms with Crippen molar-refractivity contribution < 1.29 is 23.1 Å². The lowest BCUT2D eigenvalue weighted by atomic mass is 9.86. The Morgan fingerprint density at radius 1 is 1.22 bits per heavy atom. The minimum absolute atomic E-state index is 0.192. The van der Waals surface area contributed by atoms with E-state index in [1.54, 1.807) is 20.8 Å². The van der Waals surface area contributed by atoms with Crippen molar-refractivity contribution in [3.05, 3.63) is 35.4 Å². The fourth-order valence-electron chi connectivity index (χ4n) is 3.80. The highest BCUT2D eigenvalue weighted by Gasteiger charge is 2.50. The zero-order valence-electron chi connectivity index (χ0n) is 16.8. The number of carbonyl (C=O) groups is 2. The van der Waals surface area contributed by atoms with Gasteiger partial charge in [0.05, 0.1) is 18.2 Å². The number of piperazine rings is 1. The SMILES string of the molecule is CCOC(=O)CN1C(=O)C(C)(C)N(C(C)(C)C)C[C@@H]1c1cc(F)cc(F)c1. The number of nitrogens with zero attached hydrogens (tertiary/aromatic N) is 2. The lowest BCUT2D eigenvalue weighted by Crippen LogP contribution is -2.68. The monoisotopic (exact) mass is 382 g/mol. The van der Waals surface area contributed by atoms with Gasteiger partial charge in [-0.25, -0.2) is 8.78 Å². The number of ether oxygens (including phenoxy) is 1. The summed E-state index contributed by atoms with van der Waals surface area (Å²) in [4.78, 5) is 28.7. The van der Waals surface area contributed by atoms with E-state index in [1.165, 1.54) is 17.0 Å². The number of hydrogen-bond donors (Lipinski definition) is 0. The highest BCUT2D eigenvalue weighted by atomic mass is 19.1. The summed E-state index contributed by atoms with van der Waals surface area (Å²) >= 11 is 0. The molecule has 1 heterocycles. The molecule has 0 spiro atoms. The quantitative estimate of drug-likeness (QED) is 0.750. The highest BCUT2D eigenvalue weighted by Crippen LogP contribution is 2.38. The van der Waals surface area contributed by atoms with Crippen molar-refractivity contribution in [2.75, 3.05) is 19.7 Å². The smallest absolute Gasteiger partial charge is 0.325 e. The van der Waals surface area contributed by atoms with Gasteiger partial charge in [-0.15, -0.1) is 0 Å². The Morgan fingerprint density at radius 2 is 1.78 bits per heavy atom. The maximum Gasteiger partial charge on any atom is 0.325 e. The molecule has 1 aliphatic heterocycles. The van der Waals surface area contributed by atoms with Crippen LogP contribution in [0.5, 0.6) is 0 Å². The molecule has 0 radical (unpaired) electrons. The first-order valence-electron chi connectivity index (χ1n) is 9.08. The summed E-state index contributed by atoms with van der Waals surface area (Å²) in [6.07, 6.45) is 0. The molecule has 1 aliphatic rings. The summed E-state index contributed by atoms with van der Waals surface area (Å²) in [5.74, 6) is -2.28. The average Bonchev–Trinajstić information content (AvgIpc) is 2.50. The topological polar surface area (TPSA) is 49.9 Å². The Kier molecular flexibility index (Phi) is 5.94. The standard InChI is InChI=1S/C20H28F2N2O3/c1-7-27-17(25)12-23-16(13-8-14(21)10-15(22)9-13)11-24(19(2,3)4)20(5,6)18(23)26/h8-10,16H,7,11-12H2,1-6H3/t16-/m1/s1. The van der Waals surface area contributed by atoms with E-state index in [0.29, 0.717) is 12.1 Å². The van der Waals surface area contributed by atoms with Gasteiger partial charge in [0.1, 0.15) is 18.2 Å². The van der Waals surface area contributed by atoms with E-state index in [-0.39, 0.29) is 24.6 Å². The van der Waals surface area contributed by atoms with Crippen LogP contribution in [0.25, 0.3) is 0 Å². The number of esters is 1. The summed E-state index contributed by atoms with van der Waals surface area (Å²) < 4.78 is 32.6. The van der Waals surface area contributed by atoms with Gasteiger partial charge in [-0.3, -0.25) is 14.5 Å². The summed E-state index contributed by atoms with van der Waals surface area (Å²) in [5, 5.41) is 0. The minimum Gasteiger partial charge on any atom is -0.465 e. The maximum absolute atomic E-state index is 13.8. The number of hydrogen-bond acceptors (Lipinski definition) is 4. The average molecular weight is 382 g/mol. The van der Waals surface area contributed by atoms with Crippen molar-refractivity contribution in [1.29, 1.82) is 0 Å². The molecule has 0 aliphatic carbocycles. The second-order valence-electron chi connectivity index (χ2n) is 8.30. The van der Waals surface area contributed by atoms with Crippen molar-refractivity contribution in [3.8, 4) is 0 Å². The number of benzene rings is 1. The van der Waals surface area contributed by atoms with Crippen molar-refractivity contribution in [2.24, 2.45) is 0 Å². The van der Waals surface area contributed by atoms with Gasteiger partial charge in [-0.05, 0) is 59.2 Å². The normalized spacial score (nSPS) is 20.7. The molecule has 150 valence electrons.